The van der Waals surface area contributed by atoms with E-state index in [-0.39, 0.29) is 6.03 Å². The lowest BCUT2D eigenvalue weighted by atomic mass is 9.82. The average Bonchev–Trinajstić information content (AvgIpc) is 3.22. The van der Waals surface area contributed by atoms with Crippen LogP contribution in [0.15, 0.2) is 18.2 Å². The van der Waals surface area contributed by atoms with E-state index in [9.17, 15) is 4.79 Å². The number of benzene rings is 1. The smallest absolute Gasteiger partial charge is 0.321 e. The molecule has 0 radical (unpaired) electrons. The second-order valence-electron chi connectivity index (χ2n) is 6.50. The molecule has 23 heavy (non-hydrogen) atoms. The van der Waals surface area contributed by atoms with Crippen molar-refractivity contribution in [2.75, 3.05) is 25.0 Å². The molecule has 3 fully saturated rings. The summed E-state index contributed by atoms with van der Waals surface area (Å²) in [6.07, 6.45) is 3.00. The van der Waals surface area contributed by atoms with Gasteiger partial charge in [-0.1, -0.05) is 17.7 Å². The number of anilines is 1. The first-order valence-electron chi connectivity index (χ1n) is 8.30. The predicted molar refractivity (Wildman–Crippen MR) is 88.1 cm³/mol. The number of carbonyl (C=O) groups excluding carboxylic acids is 1. The van der Waals surface area contributed by atoms with Crippen LogP contribution < -0.4 is 10.1 Å². The van der Waals surface area contributed by atoms with Crippen molar-refractivity contribution < 1.29 is 14.3 Å². The Kier molecular flexibility index (Phi) is 3.85. The Morgan fingerprint density at radius 1 is 1.35 bits per heavy atom. The minimum atomic E-state index is -0.0815. The molecule has 3 heterocycles. The SMILES string of the molecule is CCOc1c(Cl)cccc1NC(=O)N1C[C@H]2[C@H](C1)[C@H]1CC[C@H]2O1. The average molecular weight is 337 g/mol. The minimum absolute atomic E-state index is 0.0815. The van der Waals surface area contributed by atoms with Crippen LogP contribution in [0.1, 0.15) is 19.8 Å². The Labute approximate surface area is 140 Å². The molecule has 124 valence electrons. The van der Waals surface area contributed by atoms with Crippen LogP contribution in [0.5, 0.6) is 5.75 Å². The van der Waals surface area contributed by atoms with Gasteiger partial charge in [0.25, 0.3) is 0 Å². The highest BCUT2D eigenvalue weighted by molar-refractivity contribution is 6.32. The number of amides is 2. The van der Waals surface area contributed by atoms with E-state index in [2.05, 4.69) is 5.32 Å². The summed E-state index contributed by atoms with van der Waals surface area (Å²) in [6, 6.07) is 5.31. The summed E-state index contributed by atoms with van der Waals surface area (Å²) in [4.78, 5) is 14.5. The van der Waals surface area contributed by atoms with Gasteiger partial charge in [0.1, 0.15) is 0 Å². The summed E-state index contributed by atoms with van der Waals surface area (Å²) < 4.78 is 11.5. The fourth-order valence-electron chi connectivity index (χ4n) is 4.22. The number of carbonyl (C=O) groups is 1. The maximum Gasteiger partial charge on any atom is 0.321 e. The molecule has 0 spiro atoms. The van der Waals surface area contributed by atoms with Crippen molar-refractivity contribution >= 4 is 23.3 Å². The fraction of sp³-hybridized carbons (Fsp3) is 0.588. The summed E-state index contributed by atoms with van der Waals surface area (Å²) in [6.45, 7) is 3.96. The first-order chi connectivity index (χ1) is 11.2. The molecule has 4 rings (SSSR count). The van der Waals surface area contributed by atoms with Crippen LogP contribution in [0.2, 0.25) is 5.02 Å². The number of halogens is 1. The third-order valence-electron chi connectivity index (χ3n) is 5.24. The van der Waals surface area contributed by atoms with Crippen molar-refractivity contribution in [3.05, 3.63) is 23.2 Å². The van der Waals surface area contributed by atoms with Gasteiger partial charge in [-0.15, -0.1) is 0 Å². The number of ether oxygens (including phenoxy) is 2. The molecule has 1 aromatic rings. The lowest BCUT2D eigenvalue weighted by molar-refractivity contribution is 0.0746. The Morgan fingerprint density at radius 3 is 2.70 bits per heavy atom. The quantitative estimate of drug-likeness (QED) is 0.920. The maximum absolute atomic E-state index is 12.6. The summed E-state index contributed by atoms with van der Waals surface area (Å²) in [5.41, 5.74) is 0.626. The fourth-order valence-corrected chi connectivity index (χ4v) is 4.45. The van der Waals surface area contributed by atoms with E-state index < -0.39 is 0 Å². The van der Waals surface area contributed by atoms with Gasteiger partial charge < -0.3 is 19.7 Å². The van der Waals surface area contributed by atoms with Gasteiger partial charge in [-0.25, -0.2) is 4.79 Å². The van der Waals surface area contributed by atoms with Crippen molar-refractivity contribution in [3.63, 3.8) is 0 Å². The standard InChI is InChI=1S/C17H21ClN2O3/c1-2-22-16-12(18)4-3-5-13(16)19-17(21)20-8-10-11(9-20)15-7-6-14(10)23-15/h3-5,10-11,14-15H,2,6-9H2,1H3,(H,19,21)/t10-,11-,14+,15+/m0/s1. The Hall–Kier alpha value is -1.46. The third kappa shape index (κ3) is 2.56. The van der Waals surface area contributed by atoms with Crippen molar-refractivity contribution in [1.29, 1.82) is 0 Å². The van der Waals surface area contributed by atoms with Crippen molar-refractivity contribution in [1.82, 2.24) is 4.90 Å². The van der Waals surface area contributed by atoms with E-state index in [1.165, 1.54) is 0 Å². The number of nitrogens with one attached hydrogen (secondary N) is 1. The number of fused-ring (bicyclic) bond motifs is 5. The molecule has 2 amide bonds. The van der Waals surface area contributed by atoms with Crippen molar-refractivity contribution in [2.45, 2.75) is 32.0 Å². The zero-order valence-electron chi connectivity index (χ0n) is 13.1. The summed E-state index contributed by atoms with van der Waals surface area (Å²) in [5.74, 6) is 1.54. The molecule has 5 nitrogen and oxygen atoms in total. The van der Waals surface area contributed by atoms with E-state index in [1.807, 2.05) is 24.0 Å². The van der Waals surface area contributed by atoms with E-state index >= 15 is 0 Å². The summed E-state index contributed by atoms with van der Waals surface area (Å²) in [7, 11) is 0. The highest BCUT2D eigenvalue weighted by Crippen LogP contribution is 2.47. The lowest BCUT2D eigenvalue weighted by Crippen LogP contribution is -2.35. The molecule has 1 N–H and O–H groups in total. The summed E-state index contributed by atoms with van der Waals surface area (Å²) >= 11 is 6.17. The van der Waals surface area contributed by atoms with Crippen LogP contribution in [-0.4, -0.2) is 42.8 Å². The van der Waals surface area contributed by atoms with Gasteiger partial charge in [-0.05, 0) is 31.9 Å². The molecule has 3 saturated heterocycles. The monoisotopic (exact) mass is 336 g/mol. The summed E-state index contributed by atoms with van der Waals surface area (Å²) in [5, 5.41) is 3.46. The first kappa shape index (κ1) is 15.1. The maximum atomic E-state index is 12.6. The van der Waals surface area contributed by atoms with Gasteiger partial charge >= 0.3 is 6.03 Å². The van der Waals surface area contributed by atoms with Crippen LogP contribution >= 0.6 is 11.6 Å². The zero-order valence-corrected chi connectivity index (χ0v) is 13.9. The second kappa shape index (κ2) is 5.87. The number of likely N-dealkylation sites (tertiary alicyclic amines) is 1. The Balaban J connectivity index is 1.46. The van der Waals surface area contributed by atoms with Crippen molar-refractivity contribution in [2.24, 2.45) is 11.8 Å². The number of nitrogens with zero attached hydrogens (tertiary/aromatic N) is 1. The second-order valence-corrected chi connectivity index (χ2v) is 6.91. The van der Waals surface area contributed by atoms with Crippen molar-refractivity contribution in [3.8, 4) is 5.75 Å². The molecular weight excluding hydrogens is 316 g/mol. The van der Waals surface area contributed by atoms with E-state index in [4.69, 9.17) is 21.1 Å². The van der Waals surface area contributed by atoms with Crippen LogP contribution in [-0.2, 0) is 4.74 Å². The van der Waals surface area contributed by atoms with Crippen LogP contribution in [0.25, 0.3) is 0 Å². The van der Waals surface area contributed by atoms with Gasteiger partial charge in [0, 0.05) is 24.9 Å². The number of urea groups is 1. The van der Waals surface area contributed by atoms with Gasteiger partial charge in [-0.2, -0.15) is 0 Å². The number of hydrogen-bond donors (Lipinski definition) is 1. The molecular formula is C17H21ClN2O3. The number of para-hydroxylation sites is 1. The molecule has 6 heteroatoms. The van der Waals surface area contributed by atoms with E-state index in [0.717, 1.165) is 25.9 Å². The number of hydrogen-bond acceptors (Lipinski definition) is 3. The largest absolute Gasteiger partial charge is 0.490 e. The number of rotatable bonds is 3. The molecule has 2 bridgehead atoms. The molecule has 0 saturated carbocycles. The molecule has 0 aromatic heterocycles. The first-order valence-corrected chi connectivity index (χ1v) is 8.68. The predicted octanol–water partition coefficient (Wildman–Crippen LogP) is 3.38. The Morgan fingerprint density at radius 2 is 2.04 bits per heavy atom. The van der Waals surface area contributed by atoms with E-state index in [0.29, 0.717) is 47.1 Å². The van der Waals surface area contributed by atoms with Gasteiger partial charge in [0.2, 0.25) is 0 Å². The topological polar surface area (TPSA) is 50.8 Å². The van der Waals surface area contributed by atoms with Crippen LogP contribution in [0.3, 0.4) is 0 Å². The molecule has 3 aliphatic heterocycles. The van der Waals surface area contributed by atoms with Gasteiger partial charge in [-0.3, -0.25) is 0 Å². The van der Waals surface area contributed by atoms with Crippen LogP contribution in [0, 0.1) is 11.8 Å². The zero-order chi connectivity index (χ0) is 16.0. The molecule has 3 aliphatic rings. The minimum Gasteiger partial charge on any atom is -0.490 e. The highest BCUT2D eigenvalue weighted by atomic mass is 35.5. The van der Waals surface area contributed by atoms with E-state index in [1.54, 1.807) is 6.07 Å². The van der Waals surface area contributed by atoms with Crippen LogP contribution in [0.4, 0.5) is 10.5 Å². The molecule has 0 aliphatic carbocycles. The lowest BCUT2D eigenvalue weighted by Gasteiger charge is -2.20. The third-order valence-corrected chi connectivity index (χ3v) is 5.53. The Bertz CT molecular complexity index is 606. The molecule has 0 unspecified atom stereocenters. The van der Waals surface area contributed by atoms with Gasteiger partial charge in [0.15, 0.2) is 5.75 Å². The van der Waals surface area contributed by atoms with Gasteiger partial charge in [0.05, 0.1) is 29.5 Å². The molecule has 1 aromatic carbocycles. The normalized spacial score (nSPS) is 31.3. The molecule has 4 atom stereocenters. The highest BCUT2D eigenvalue weighted by Gasteiger charge is 2.53.